The number of nitrogens with one attached hydrogen (secondary N) is 1. The Morgan fingerprint density at radius 2 is 2.07 bits per heavy atom. The van der Waals surface area contributed by atoms with Crippen molar-refractivity contribution in [3.8, 4) is 5.75 Å². The SMILES string of the molecule is CCn1ncc(OCC2(c3ccccc3)CC2C(=O)Nc2ccc(Cl)cn2)c1C. The van der Waals surface area contributed by atoms with Crippen LogP contribution in [0.15, 0.2) is 54.9 Å². The second kappa shape index (κ2) is 7.87. The maximum atomic E-state index is 12.9. The molecule has 7 heteroatoms. The van der Waals surface area contributed by atoms with Crippen molar-refractivity contribution >= 4 is 23.3 Å². The van der Waals surface area contributed by atoms with Gasteiger partial charge in [0.1, 0.15) is 5.82 Å². The van der Waals surface area contributed by atoms with E-state index in [1.54, 1.807) is 18.3 Å². The molecule has 0 radical (unpaired) electrons. The second-order valence-corrected chi connectivity index (χ2v) is 7.76. The summed E-state index contributed by atoms with van der Waals surface area (Å²) in [6.07, 6.45) is 3.98. The van der Waals surface area contributed by atoms with Crippen LogP contribution in [0.4, 0.5) is 5.82 Å². The molecule has 0 aliphatic heterocycles. The van der Waals surface area contributed by atoms with Gasteiger partial charge in [0.05, 0.1) is 29.4 Å². The highest BCUT2D eigenvalue weighted by Gasteiger charge is 2.60. The molecule has 1 amide bonds. The van der Waals surface area contributed by atoms with Crippen molar-refractivity contribution in [1.82, 2.24) is 14.8 Å². The molecule has 0 spiro atoms. The number of pyridine rings is 1. The number of hydrogen-bond acceptors (Lipinski definition) is 4. The van der Waals surface area contributed by atoms with Crippen molar-refractivity contribution in [2.45, 2.75) is 32.2 Å². The van der Waals surface area contributed by atoms with Crippen LogP contribution in [0.2, 0.25) is 5.02 Å². The van der Waals surface area contributed by atoms with Gasteiger partial charge in [-0.15, -0.1) is 0 Å². The number of nitrogens with zero attached hydrogens (tertiary/aromatic N) is 3. The van der Waals surface area contributed by atoms with E-state index in [2.05, 4.69) is 27.5 Å². The lowest BCUT2D eigenvalue weighted by Gasteiger charge is -2.19. The number of aromatic nitrogens is 3. The normalized spacial score (nSPS) is 20.3. The quantitative estimate of drug-likeness (QED) is 0.632. The summed E-state index contributed by atoms with van der Waals surface area (Å²) >= 11 is 5.87. The first-order valence-electron chi connectivity index (χ1n) is 9.66. The minimum atomic E-state index is -0.363. The molecule has 2 aromatic heterocycles. The Morgan fingerprint density at radius 1 is 1.28 bits per heavy atom. The van der Waals surface area contributed by atoms with Crippen LogP contribution >= 0.6 is 11.6 Å². The number of anilines is 1. The van der Waals surface area contributed by atoms with E-state index >= 15 is 0 Å². The van der Waals surface area contributed by atoms with Crippen LogP contribution < -0.4 is 10.1 Å². The Balaban J connectivity index is 1.52. The number of hydrogen-bond donors (Lipinski definition) is 1. The predicted octanol–water partition coefficient (Wildman–Crippen LogP) is 4.24. The molecule has 4 rings (SSSR count). The lowest BCUT2D eigenvalue weighted by Crippen LogP contribution is -2.26. The van der Waals surface area contributed by atoms with E-state index in [-0.39, 0.29) is 17.2 Å². The standard InChI is InChI=1S/C22H23ClN4O2/c1-3-27-15(2)19(13-25-27)29-14-22(16-7-5-4-6-8-16)11-18(22)21(28)26-20-10-9-17(23)12-24-20/h4-10,12-13,18H,3,11,14H2,1-2H3,(H,24,26,28). The first-order valence-corrected chi connectivity index (χ1v) is 10.0. The molecule has 0 bridgehead atoms. The number of amides is 1. The van der Waals surface area contributed by atoms with Gasteiger partial charge >= 0.3 is 0 Å². The van der Waals surface area contributed by atoms with Crippen molar-refractivity contribution in [3.05, 3.63) is 71.1 Å². The van der Waals surface area contributed by atoms with E-state index in [1.807, 2.05) is 36.7 Å². The van der Waals surface area contributed by atoms with Crippen molar-refractivity contribution < 1.29 is 9.53 Å². The minimum absolute atomic E-state index is 0.0618. The van der Waals surface area contributed by atoms with Crippen molar-refractivity contribution in [1.29, 1.82) is 0 Å². The zero-order valence-electron chi connectivity index (χ0n) is 16.4. The van der Waals surface area contributed by atoms with Crippen LogP contribution in [0.25, 0.3) is 0 Å². The fraction of sp³-hybridized carbons (Fsp3) is 0.318. The fourth-order valence-corrected chi connectivity index (χ4v) is 3.85. The summed E-state index contributed by atoms with van der Waals surface area (Å²) in [4.78, 5) is 17.1. The van der Waals surface area contributed by atoms with E-state index in [9.17, 15) is 4.79 Å². The summed E-state index contributed by atoms with van der Waals surface area (Å²) < 4.78 is 8.05. The van der Waals surface area contributed by atoms with Crippen molar-refractivity contribution in [3.63, 3.8) is 0 Å². The molecule has 6 nitrogen and oxygen atoms in total. The van der Waals surface area contributed by atoms with E-state index < -0.39 is 0 Å². The number of benzene rings is 1. The molecular formula is C22H23ClN4O2. The molecule has 150 valence electrons. The van der Waals surface area contributed by atoms with E-state index in [0.29, 0.717) is 17.4 Å². The van der Waals surface area contributed by atoms with Gasteiger partial charge < -0.3 is 10.1 Å². The Bertz CT molecular complexity index is 1000. The summed E-state index contributed by atoms with van der Waals surface area (Å²) in [6, 6.07) is 13.5. The Labute approximate surface area is 174 Å². The molecule has 29 heavy (non-hydrogen) atoms. The van der Waals surface area contributed by atoms with Gasteiger partial charge in [-0.3, -0.25) is 9.48 Å². The Kier molecular flexibility index (Phi) is 5.28. The highest BCUT2D eigenvalue weighted by atomic mass is 35.5. The average Bonchev–Trinajstić information content (AvgIpc) is 3.38. The highest BCUT2D eigenvalue weighted by molar-refractivity contribution is 6.30. The van der Waals surface area contributed by atoms with Gasteiger partial charge in [-0.2, -0.15) is 5.10 Å². The molecule has 3 aromatic rings. The van der Waals surface area contributed by atoms with Gasteiger partial charge in [0.15, 0.2) is 5.75 Å². The number of carbonyl (C=O) groups excluding carboxylic acids is 1. The summed E-state index contributed by atoms with van der Waals surface area (Å²) in [5, 5.41) is 7.77. The number of carbonyl (C=O) groups is 1. The van der Waals surface area contributed by atoms with Gasteiger partial charge in [-0.05, 0) is 38.0 Å². The smallest absolute Gasteiger partial charge is 0.229 e. The first-order chi connectivity index (χ1) is 14.0. The minimum Gasteiger partial charge on any atom is -0.489 e. The van der Waals surface area contributed by atoms with Gasteiger partial charge in [-0.25, -0.2) is 4.98 Å². The summed E-state index contributed by atoms with van der Waals surface area (Å²) in [5.41, 5.74) is 1.73. The highest BCUT2D eigenvalue weighted by Crippen LogP contribution is 2.55. The zero-order valence-corrected chi connectivity index (χ0v) is 17.2. The topological polar surface area (TPSA) is 69.0 Å². The largest absolute Gasteiger partial charge is 0.489 e. The molecule has 2 atom stereocenters. The molecule has 1 N–H and O–H groups in total. The molecule has 1 aromatic carbocycles. The third-order valence-electron chi connectivity index (χ3n) is 5.56. The van der Waals surface area contributed by atoms with Crippen molar-refractivity contribution in [2.24, 2.45) is 5.92 Å². The van der Waals surface area contributed by atoms with Gasteiger partial charge in [-0.1, -0.05) is 41.9 Å². The number of aryl methyl sites for hydroxylation is 1. The van der Waals surface area contributed by atoms with Crippen LogP contribution in [0.3, 0.4) is 0 Å². The molecular weight excluding hydrogens is 388 g/mol. The van der Waals surface area contributed by atoms with Crippen molar-refractivity contribution in [2.75, 3.05) is 11.9 Å². The molecule has 0 saturated heterocycles. The monoisotopic (exact) mass is 410 g/mol. The number of halogens is 1. The summed E-state index contributed by atoms with van der Waals surface area (Å²) in [7, 11) is 0. The second-order valence-electron chi connectivity index (χ2n) is 7.33. The third-order valence-corrected chi connectivity index (χ3v) is 5.79. The maximum Gasteiger partial charge on any atom is 0.229 e. The van der Waals surface area contributed by atoms with Crippen LogP contribution in [0.5, 0.6) is 5.75 Å². The molecule has 1 aliphatic rings. The van der Waals surface area contributed by atoms with Crippen LogP contribution in [-0.2, 0) is 16.8 Å². The van der Waals surface area contributed by atoms with E-state index in [0.717, 1.165) is 30.0 Å². The first kappa shape index (κ1) is 19.5. The third kappa shape index (κ3) is 3.85. The van der Waals surface area contributed by atoms with E-state index in [4.69, 9.17) is 16.3 Å². The fourth-order valence-electron chi connectivity index (χ4n) is 3.74. The lowest BCUT2D eigenvalue weighted by atomic mass is 9.93. The van der Waals surface area contributed by atoms with Gasteiger partial charge in [0.2, 0.25) is 5.91 Å². The van der Waals surface area contributed by atoms with Crippen LogP contribution in [-0.4, -0.2) is 27.3 Å². The zero-order chi connectivity index (χ0) is 20.4. The van der Waals surface area contributed by atoms with Crippen LogP contribution in [0, 0.1) is 12.8 Å². The molecule has 1 fully saturated rings. The average molecular weight is 411 g/mol. The Hall–Kier alpha value is -2.86. The lowest BCUT2D eigenvalue weighted by molar-refractivity contribution is -0.117. The predicted molar refractivity (Wildman–Crippen MR) is 112 cm³/mol. The molecule has 1 saturated carbocycles. The molecule has 2 unspecified atom stereocenters. The Morgan fingerprint density at radius 3 is 2.72 bits per heavy atom. The number of rotatable bonds is 7. The number of ether oxygens (including phenoxy) is 1. The van der Waals surface area contributed by atoms with E-state index in [1.165, 1.54) is 6.20 Å². The van der Waals surface area contributed by atoms with Gasteiger partial charge in [0.25, 0.3) is 0 Å². The molecule has 1 aliphatic carbocycles. The maximum absolute atomic E-state index is 12.9. The summed E-state index contributed by atoms with van der Waals surface area (Å²) in [6.45, 7) is 5.24. The van der Waals surface area contributed by atoms with Crippen LogP contribution in [0.1, 0.15) is 24.6 Å². The van der Waals surface area contributed by atoms with Gasteiger partial charge in [0, 0.05) is 18.2 Å². The molecule has 2 heterocycles. The summed E-state index contributed by atoms with van der Waals surface area (Å²) in [5.74, 6) is 0.999.